The summed E-state index contributed by atoms with van der Waals surface area (Å²) in [5.74, 6) is 0. The molecule has 2 heterocycles. The van der Waals surface area contributed by atoms with Crippen LogP contribution in [0.1, 0.15) is 0 Å². The number of para-hydroxylation sites is 1. The molecule has 0 fully saturated rings. The third-order valence-electron chi connectivity index (χ3n) is 3.13. The lowest BCUT2D eigenvalue weighted by atomic mass is 10.1. The molecule has 4 rings (SSSR count). The van der Waals surface area contributed by atoms with Crippen LogP contribution in [0.15, 0.2) is 59.2 Å². The molecular formula is C15H9NO. The van der Waals surface area contributed by atoms with Gasteiger partial charge in [0.1, 0.15) is 5.52 Å². The summed E-state index contributed by atoms with van der Waals surface area (Å²) in [6, 6.07) is 16.3. The van der Waals surface area contributed by atoms with Gasteiger partial charge in [-0.2, -0.15) is 0 Å². The Bertz CT molecular complexity index is 845. The average Bonchev–Trinajstić information content (AvgIpc) is 2.78. The Balaban J connectivity index is 2.34. The van der Waals surface area contributed by atoms with E-state index in [4.69, 9.17) is 4.42 Å². The number of hydrogen-bond acceptors (Lipinski definition) is 2. The predicted molar refractivity (Wildman–Crippen MR) is 69.0 cm³/mol. The maximum atomic E-state index is 5.59. The van der Waals surface area contributed by atoms with Crippen LogP contribution in [-0.4, -0.2) is 4.98 Å². The summed E-state index contributed by atoms with van der Waals surface area (Å²) in [5.41, 5.74) is 2.83. The zero-order valence-corrected chi connectivity index (χ0v) is 9.05. The Morgan fingerprint density at radius 1 is 0.824 bits per heavy atom. The first-order chi connectivity index (χ1) is 8.43. The number of aromatic nitrogens is 1. The molecule has 0 aliphatic rings. The molecule has 0 bridgehead atoms. The predicted octanol–water partition coefficient (Wildman–Crippen LogP) is 4.13. The molecule has 0 saturated heterocycles. The minimum atomic E-state index is 0.862. The molecule has 0 N–H and O–H groups in total. The first-order valence-electron chi connectivity index (χ1n) is 5.58. The Labute approximate surface area is 97.5 Å². The molecule has 0 unspecified atom stereocenters. The first-order valence-corrected chi connectivity index (χ1v) is 5.58. The van der Waals surface area contributed by atoms with Gasteiger partial charge in [-0.05, 0) is 18.2 Å². The van der Waals surface area contributed by atoms with Crippen LogP contribution in [0.3, 0.4) is 0 Å². The zero-order valence-electron chi connectivity index (χ0n) is 9.05. The molecule has 0 saturated carbocycles. The van der Waals surface area contributed by atoms with E-state index < -0.39 is 0 Å². The Morgan fingerprint density at radius 2 is 1.76 bits per heavy atom. The summed E-state index contributed by atoms with van der Waals surface area (Å²) in [7, 11) is 0. The van der Waals surface area contributed by atoms with Gasteiger partial charge in [0, 0.05) is 16.2 Å². The van der Waals surface area contributed by atoms with Crippen molar-refractivity contribution in [2.24, 2.45) is 0 Å². The second-order valence-electron chi connectivity index (χ2n) is 4.12. The highest BCUT2D eigenvalue weighted by molar-refractivity contribution is 6.15. The van der Waals surface area contributed by atoms with E-state index in [2.05, 4.69) is 23.2 Å². The smallest absolute Gasteiger partial charge is 0.159 e. The van der Waals surface area contributed by atoms with Crippen LogP contribution in [-0.2, 0) is 0 Å². The van der Waals surface area contributed by atoms with Crippen LogP contribution in [0, 0.1) is 0 Å². The third-order valence-corrected chi connectivity index (χ3v) is 3.13. The molecule has 0 aliphatic carbocycles. The van der Waals surface area contributed by atoms with Gasteiger partial charge in [0.05, 0.1) is 11.8 Å². The zero-order chi connectivity index (χ0) is 11.2. The van der Waals surface area contributed by atoms with Gasteiger partial charge in [0.2, 0.25) is 0 Å². The van der Waals surface area contributed by atoms with Gasteiger partial charge in [-0.25, -0.2) is 4.98 Å². The fraction of sp³-hybridized carbons (Fsp3) is 0. The van der Waals surface area contributed by atoms with Crippen LogP contribution >= 0.6 is 0 Å². The van der Waals surface area contributed by atoms with Gasteiger partial charge >= 0.3 is 0 Å². The highest BCUT2D eigenvalue weighted by Gasteiger charge is 2.09. The maximum Gasteiger partial charge on any atom is 0.159 e. The molecule has 0 aliphatic heterocycles. The second-order valence-corrected chi connectivity index (χ2v) is 4.12. The van der Waals surface area contributed by atoms with Crippen LogP contribution in [0.25, 0.3) is 32.8 Å². The fourth-order valence-corrected chi connectivity index (χ4v) is 2.34. The number of nitrogens with zero attached hydrogens (tertiary/aromatic N) is 1. The van der Waals surface area contributed by atoms with Gasteiger partial charge in [-0.15, -0.1) is 0 Å². The van der Waals surface area contributed by atoms with Gasteiger partial charge in [0.15, 0.2) is 5.58 Å². The van der Waals surface area contributed by atoms with Crippen molar-refractivity contribution in [2.75, 3.05) is 0 Å². The maximum absolute atomic E-state index is 5.59. The van der Waals surface area contributed by atoms with Gasteiger partial charge in [-0.1, -0.05) is 30.3 Å². The SMILES string of the molecule is c1coc2c(c1)ccc1c3ccccc3nc12. The van der Waals surface area contributed by atoms with Gasteiger partial charge < -0.3 is 4.42 Å². The van der Waals surface area contributed by atoms with Crippen molar-refractivity contribution >= 4 is 32.8 Å². The van der Waals surface area contributed by atoms with Crippen molar-refractivity contribution in [2.45, 2.75) is 0 Å². The van der Waals surface area contributed by atoms with Crippen molar-refractivity contribution in [3.8, 4) is 0 Å². The molecular weight excluding hydrogens is 210 g/mol. The fourth-order valence-electron chi connectivity index (χ4n) is 2.34. The van der Waals surface area contributed by atoms with Crippen LogP contribution in [0.4, 0.5) is 0 Å². The number of fused-ring (bicyclic) bond motifs is 5. The normalized spacial score (nSPS) is 11.5. The number of rotatable bonds is 0. The molecule has 0 spiro atoms. The standard InChI is InChI=1S/C15H9NO/c1-2-6-13-11(5-1)12-8-7-10-4-3-9-17-15(10)14(12)16-13/h1-9H. The van der Waals surface area contributed by atoms with Crippen molar-refractivity contribution in [1.82, 2.24) is 4.98 Å². The van der Waals surface area contributed by atoms with Crippen LogP contribution in [0.2, 0.25) is 0 Å². The van der Waals surface area contributed by atoms with Crippen molar-refractivity contribution < 1.29 is 4.42 Å². The molecule has 0 radical (unpaired) electrons. The summed E-state index contributed by atoms with van der Waals surface area (Å²) in [5, 5.41) is 3.43. The van der Waals surface area contributed by atoms with E-state index in [9.17, 15) is 0 Å². The summed E-state index contributed by atoms with van der Waals surface area (Å²) < 4.78 is 5.59. The van der Waals surface area contributed by atoms with Crippen LogP contribution < -0.4 is 0 Å². The lowest BCUT2D eigenvalue weighted by Crippen LogP contribution is -1.74. The molecule has 2 nitrogen and oxygen atoms in total. The molecule has 80 valence electrons. The number of hydrogen-bond donors (Lipinski definition) is 0. The van der Waals surface area contributed by atoms with E-state index in [1.807, 2.05) is 30.3 Å². The average molecular weight is 219 g/mol. The summed E-state index contributed by atoms with van der Waals surface area (Å²) >= 11 is 0. The minimum absolute atomic E-state index is 0.862. The first kappa shape index (κ1) is 8.76. The molecule has 2 heteroatoms. The van der Waals surface area contributed by atoms with Crippen molar-refractivity contribution in [3.05, 3.63) is 54.8 Å². The largest absolute Gasteiger partial charge is 0.462 e. The van der Waals surface area contributed by atoms with E-state index in [-0.39, 0.29) is 0 Å². The molecule has 0 atom stereocenters. The quantitative estimate of drug-likeness (QED) is 0.444. The molecule has 2 aromatic heterocycles. The summed E-state index contributed by atoms with van der Waals surface area (Å²) in [6.07, 6.45) is 1.70. The van der Waals surface area contributed by atoms with E-state index >= 15 is 0 Å². The van der Waals surface area contributed by atoms with E-state index in [0.717, 1.165) is 27.4 Å². The summed E-state index contributed by atoms with van der Waals surface area (Å²) in [6.45, 7) is 0. The molecule has 4 aromatic rings. The minimum Gasteiger partial charge on any atom is -0.462 e. The van der Waals surface area contributed by atoms with E-state index in [1.165, 1.54) is 5.39 Å². The topological polar surface area (TPSA) is 26.0 Å². The molecule has 17 heavy (non-hydrogen) atoms. The number of benzene rings is 2. The van der Waals surface area contributed by atoms with Gasteiger partial charge in [0.25, 0.3) is 0 Å². The third kappa shape index (κ3) is 1.12. The highest BCUT2D eigenvalue weighted by Crippen LogP contribution is 2.30. The summed E-state index contributed by atoms with van der Waals surface area (Å²) in [4.78, 5) is 4.65. The molecule has 2 aromatic carbocycles. The van der Waals surface area contributed by atoms with E-state index in [0.29, 0.717) is 0 Å². The Hall–Kier alpha value is -2.35. The molecule has 0 amide bonds. The Morgan fingerprint density at radius 3 is 2.76 bits per heavy atom. The van der Waals surface area contributed by atoms with Crippen molar-refractivity contribution in [1.29, 1.82) is 0 Å². The van der Waals surface area contributed by atoms with E-state index in [1.54, 1.807) is 6.26 Å². The lowest BCUT2D eigenvalue weighted by molar-refractivity contribution is 0.606. The van der Waals surface area contributed by atoms with Crippen molar-refractivity contribution in [3.63, 3.8) is 0 Å². The Kier molecular flexibility index (Phi) is 1.59. The lowest BCUT2D eigenvalue weighted by Gasteiger charge is -1.96. The van der Waals surface area contributed by atoms with Crippen LogP contribution in [0.5, 0.6) is 0 Å². The monoisotopic (exact) mass is 219 g/mol. The highest BCUT2D eigenvalue weighted by atomic mass is 16.3. The second kappa shape index (κ2) is 3.08. The van der Waals surface area contributed by atoms with Gasteiger partial charge in [-0.3, -0.25) is 0 Å².